The Hall–Kier alpha value is -0.610. The number of hydrogen-bond acceptors (Lipinski definition) is 3. The Morgan fingerprint density at radius 1 is 1.25 bits per heavy atom. The van der Waals surface area contributed by atoms with Crippen LogP contribution in [0.15, 0.2) is 24.3 Å². The molecule has 3 nitrogen and oxygen atoms in total. The first-order chi connectivity index (χ1) is 9.51. The lowest BCUT2D eigenvalue weighted by Gasteiger charge is -2.38. The molecule has 0 aliphatic carbocycles. The normalized spacial score (nSPS) is 14.8. The maximum Gasteiger partial charge on any atom is 0.0501 e. The van der Waals surface area contributed by atoms with Gasteiger partial charge in [0.1, 0.15) is 0 Å². The van der Waals surface area contributed by atoms with Crippen LogP contribution in [0.5, 0.6) is 0 Å². The summed E-state index contributed by atoms with van der Waals surface area (Å²) < 4.78 is 0. The molecule has 4 heteroatoms. The molecule has 0 heterocycles. The molecular formula is C16H27ClN2O. The highest BCUT2D eigenvalue weighted by molar-refractivity contribution is 6.30. The summed E-state index contributed by atoms with van der Waals surface area (Å²) in [6.07, 6.45) is 1.67. The molecule has 114 valence electrons. The van der Waals surface area contributed by atoms with Crippen molar-refractivity contribution in [2.24, 2.45) is 5.73 Å². The van der Waals surface area contributed by atoms with E-state index in [0.29, 0.717) is 6.04 Å². The molecule has 0 aromatic heterocycles. The minimum absolute atomic E-state index is 0.0669. The molecular weight excluding hydrogens is 272 g/mol. The maximum absolute atomic E-state index is 9.11. The summed E-state index contributed by atoms with van der Waals surface area (Å²) in [7, 11) is 0. The molecule has 0 fully saturated rings. The molecule has 0 amide bonds. The van der Waals surface area contributed by atoms with Gasteiger partial charge in [0.05, 0.1) is 6.04 Å². The molecule has 0 saturated heterocycles. The van der Waals surface area contributed by atoms with Gasteiger partial charge in [-0.3, -0.25) is 4.90 Å². The van der Waals surface area contributed by atoms with Crippen LogP contribution >= 0.6 is 11.6 Å². The summed E-state index contributed by atoms with van der Waals surface area (Å²) in [6, 6.07) is 8.53. The zero-order valence-electron chi connectivity index (χ0n) is 12.7. The number of rotatable bonds is 8. The van der Waals surface area contributed by atoms with Crippen molar-refractivity contribution in [1.82, 2.24) is 4.90 Å². The van der Waals surface area contributed by atoms with Crippen molar-refractivity contribution in [1.29, 1.82) is 0 Å². The van der Waals surface area contributed by atoms with E-state index in [9.17, 15) is 0 Å². The van der Waals surface area contributed by atoms with Crippen molar-refractivity contribution in [2.75, 3.05) is 13.2 Å². The first-order valence-corrected chi connectivity index (χ1v) is 7.76. The predicted molar refractivity (Wildman–Crippen MR) is 86.0 cm³/mol. The quantitative estimate of drug-likeness (QED) is 0.775. The van der Waals surface area contributed by atoms with Crippen molar-refractivity contribution < 1.29 is 5.11 Å². The highest BCUT2D eigenvalue weighted by Crippen LogP contribution is 2.28. The zero-order chi connectivity index (χ0) is 15.1. The second kappa shape index (κ2) is 8.63. The second-order valence-electron chi connectivity index (χ2n) is 5.48. The van der Waals surface area contributed by atoms with Crippen LogP contribution in [0.25, 0.3) is 0 Å². The van der Waals surface area contributed by atoms with Gasteiger partial charge < -0.3 is 10.8 Å². The van der Waals surface area contributed by atoms with E-state index < -0.39 is 0 Å². The van der Waals surface area contributed by atoms with Crippen LogP contribution in [0.3, 0.4) is 0 Å². The van der Waals surface area contributed by atoms with E-state index in [0.717, 1.165) is 24.4 Å². The lowest BCUT2D eigenvalue weighted by atomic mass is 9.95. The van der Waals surface area contributed by atoms with Crippen LogP contribution in [-0.4, -0.2) is 35.2 Å². The highest BCUT2D eigenvalue weighted by Gasteiger charge is 2.27. The van der Waals surface area contributed by atoms with E-state index in [2.05, 4.69) is 37.8 Å². The van der Waals surface area contributed by atoms with E-state index in [1.54, 1.807) is 0 Å². The summed E-state index contributed by atoms with van der Waals surface area (Å²) in [5, 5.41) is 9.85. The third kappa shape index (κ3) is 4.74. The van der Waals surface area contributed by atoms with Crippen molar-refractivity contribution in [3.63, 3.8) is 0 Å². The Kier molecular flexibility index (Phi) is 7.52. The average molecular weight is 299 g/mol. The van der Waals surface area contributed by atoms with Crippen molar-refractivity contribution in [2.45, 2.75) is 51.7 Å². The number of hydrogen-bond donors (Lipinski definition) is 2. The fourth-order valence-corrected chi connectivity index (χ4v) is 2.67. The molecule has 0 aliphatic rings. The molecule has 1 rings (SSSR count). The number of benzene rings is 1. The van der Waals surface area contributed by atoms with Gasteiger partial charge in [-0.05, 0) is 44.4 Å². The third-order valence-electron chi connectivity index (χ3n) is 3.68. The minimum atomic E-state index is 0.0669. The predicted octanol–water partition coefficient (Wildman–Crippen LogP) is 3.21. The Morgan fingerprint density at radius 3 is 2.30 bits per heavy atom. The largest absolute Gasteiger partial charge is 0.396 e. The molecule has 0 aliphatic heterocycles. The van der Waals surface area contributed by atoms with Gasteiger partial charge in [-0.25, -0.2) is 0 Å². The third-order valence-corrected chi connectivity index (χ3v) is 3.94. The van der Waals surface area contributed by atoms with E-state index in [4.69, 9.17) is 22.4 Å². The van der Waals surface area contributed by atoms with Gasteiger partial charge in [0, 0.05) is 30.3 Å². The lowest BCUT2D eigenvalue weighted by Crippen LogP contribution is -2.44. The standard InChI is InChI=1S/C16H27ClN2O/c1-4-15(18)16(13-6-8-14(17)9-7-13)19(12(2)3)10-5-11-20/h6-9,12,15-16,20H,4-5,10-11,18H2,1-3H3. The summed E-state index contributed by atoms with van der Waals surface area (Å²) in [4.78, 5) is 2.37. The Balaban J connectivity index is 3.05. The van der Waals surface area contributed by atoms with E-state index in [-0.39, 0.29) is 18.7 Å². The van der Waals surface area contributed by atoms with Crippen LogP contribution in [-0.2, 0) is 0 Å². The van der Waals surface area contributed by atoms with Gasteiger partial charge in [0.25, 0.3) is 0 Å². The first kappa shape index (κ1) is 17.4. The average Bonchev–Trinajstić information content (AvgIpc) is 2.43. The maximum atomic E-state index is 9.11. The van der Waals surface area contributed by atoms with Gasteiger partial charge in [0.15, 0.2) is 0 Å². The Bertz CT molecular complexity index is 381. The van der Waals surface area contributed by atoms with Crippen LogP contribution < -0.4 is 5.73 Å². The topological polar surface area (TPSA) is 49.5 Å². The number of nitrogens with two attached hydrogens (primary N) is 1. The van der Waals surface area contributed by atoms with Crippen LogP contribution in [0, 0.1) is 0 Å². The summed E-state index contributed by atoms with van der Waals surface area (Å²) >= 11 is 5.98. The molecule has 20 heavy (non-hydrogen) atoms. The monoisotopic (exact) mass is 298 g/mol. The summed E-state index contributed by atoms with van der Waals surface area (Å²) in [6.45, 7) is 7.50. The molecule has 2 unspecified atom stereocenters. The van der Waals surface area contributed by atoms with Crippen molar-refractivity contribution in [3.05, 3.63) is 34.9 Å². The van der Waals surface area contributed by atoms with E-state index in [1.807, 2.05) is 12.1 Å². The van der Waals surface area contributed by atoms with Crippen LogP contribution in [0.2, 0.25) is 5.02 Å². The second-order valence-corrected chi connectivity index (χ2v) is 5.91. The van der Waals surface area contributed by atoms with Crippen molar-refractivity contribution in [3.8, 4) is 0 Å². The van der Waals surface area contributed by atoms with Crippen molar-refractivity contribution >= 4 is 11.6 Å². The molecule has 3 N–H and O–H groups in total. The van der Waals surface area contributed by atoms with E-state index in [1.165, 1.54) is 5.56 Å². The number of halogens is 1. The number of aliphatic hydroxyl groups is 1. The fourth-order valence-electron chi connectivity index (χ4n) is 2.54. The van der Waals surface area contributed by atoms with E-state index >= 15 is 0 Å². The highest BCUT2D eigenvalue weighted by atomic mass is 35.5. The van der Waals surface area contributed by atoms with Gasteiger partial charge in [0.2, 0.25) is 0 Å². The molecule has 0 spiro atoms. The van der Waals surface area contributed by atoms with Gasteiger partial charge in [-0.15, -0.1) is 0 Å². The minimum Gasteiger partial charge on any atom is -0.396 e. The first-order valence-electron chi connectivity index (χ1n) is 7.38. The summed E-state index contributed by atoms with van der Waals surface area (Å²) in [5.41, 5.74) is 7.55. The molecule has 0 saturated carbocycles. The van der Waals surface area contributed by atoms with Crippen LogP contribution in [0.4, 0.5) is 0 Å². The van der Waals surface area contributed by atoms with Gasteiger partial charge >= 0.3 is 0 Å². The number of nitrogens with zero attached hydrogens (tertiary/aromatic N) is 1. The summed E-state index contributed by atoms with van der Waals surface area (Å²) in [5.74, 6) is 0. The Labute approximate surface area is 127 Å². The molecule has 0 bridgehead atoms. The fraction of sp³-hybridized carbons (Fsp3) is 0.625. The molecule has 0 radical (unpaired) electrons. The Morgan fingerprint density at radius 2 is 1.85 bits per heavy atom. The molecule has 1 aromatic carbocycles. The van der Waals surface area contributed by atoms with Crippen LogP contribution in [0.1, 0.15) is 45.2 Å². The lowest BCUT2D eigenvalue weighted by molar-refractivity contribution is 0.118. The van der Waals surface area contributed by atoms with Gasteiger partial charge in [-0.2, -0.15) is 0 Å². The number of aliphatic hydroxyl groups excluding tert-OH is 1. The SMILES string of the molecule is CCC(N)C(c1ccc(Cl)cc1)N(CCCO)C(C)C. The smallest absolute Gasteiger partial charge is 0.0501 e. The molecule has 1 aromatic rings. The van der Waals surface area contributed by atoms with Gasteiger partial charge in [-0.1, -0.05) is 30.7 Å². The zero-order valence-corrected chi connectivity index (χ0v) is 13.5. The molecule has 2 atom stereocenters.